The molecular weight excluding hydrogens is 250 g/mol. The first kappa shape index (κ1) is 13.8. The van der Waals surface area contributed by atoms with Crippen molar-refractivity contribution < 1.29 is 4.74 Å². The average Bonchev–Trinajstić information content (AvgIpc) is 3.09. The van der Waals surface area contributed by atoms with Crippen LogP contribution in [0.25, 0.3) is 0 Å². The molecule has 4 heteroatoms. The summed E-state index contributed by atoms with van der Waals surface area (Å²) in [5.74, 6) is 3.50. The van der Waals surface area contributed by atoms with Gasteiger partial charge in [-0.05, 0) is 50.0 Å². The van der Waals surface area contributed by atoms with Crippen LogP contribution in [0.3, 0.4) is 0 Å². The minimum atomic E-state index is 0.334. The molecule has 2 aliphatic rings. The highest BCUT2D eigenvalue weighted by Crippen LogP contribution is 2.50. The third kappa shape index (κ3) is 2.80. The van der Waals surface area contributed by atoms with Crippen molar-refractivity contribution in [2.45, 2.75) is 45.1 Å². The van der Waals surface area contributed by atoms with E-state index in [2.05, 4.69) is 22.2 Å². The van der Waals surface area contributed by atoms with Gasteiger partial charge in [0.2, 0.25) is 5.88 Å². The number of nitrogens with one attached hydrogen (secondary N) is 1. The number of fused-ring (bicyclic) bond motifs is 2. The Balaban J connectivity index is 1.71. The number of hydrogen-bond acceptors (Lipinski definition) is 4. The van der Waals surface area contributed by atoms with Crippen molar-refractivity contribution in [3.8, 4) is 5.88 Å². The highest BCUT2D eigenvalue weighted by molar-refractivity contribution is 5.17. The standard InChI is InChI=1S/C16H25N3O/c1-3-17-14(15-9-16(20-2)19-10-18-15)8-13-7-11-4-5-12(13)6-11/h9-14,17H,3-8H2,1-2H3. The fourth-order valence-corrected chi connectivity index (χ4v) is 4.18. The Bertz CT molecular complexity index is 451. The van der Waals surface area contributed by atoms with Crippen LogP contribution >= 0.6 is 0 Å². The molecule has 2 aliphatic carbocycles. The van der Waals surface area contributed by atoms with Crippen LogP contribution in [-0.2, 0) is 0 Å². The minimum absolute atomic E-state index is 0.334. The summed E-state index contributed by atoms with van der Waals surface area (Å²) in [4.78, 5) is 8.57. The summed E-state index contributed by atoms with van der Waals surface area (Å²) in [6.45, 7) is 3.13. The molecular formula is C16H25N3O. The van der Waals surface area contributed by atoms with E-state index in [9.17, 15) is 0 Å². The van der Waals surface area contributed by atoms with E-state index in [-0.39, 0.29) is 0 Å². The van der Waals surface area contributed by atoms with Crippen molar-refractivity contribution >= 4 is 0 Å². The van der Waals surface area contributed by atoms with Gasteiger partial charge in [-0.3, -0.25) is 0 Å². The molecule has 0 spiro atoms. The maximum atomic E-state index is 5.22. The molecule has 4 nitrogen and oxygen atoms in total. The number of rotatable bonds is 6. The maximum absolute atomic E-state index is 5.22. The topological polar surface area (TPSA) is 47.0 Å². The lowest BCUT2D eigenvalue weighted by molar-refractivity contribution is 0.278. The predicted octanol–water partition coefficient (Wildman–Crippen LogP) is 2.96. The van der Waals surface area contributed by atoms with E-state index in [1.807, 2.05) is 6.07 Å². The summed E-state index contributed by atoms with van der Waals surface area (Å²) in [7, 11) is 1.66. The van der Waals surface area contributed by atoms with Gasteiger partial charge in [-0.1, -0.05) is 13.3 Å². The molecule has 20 heavy (non-hydrogen) atoms. The van der Waals surface area contributed by atoms with Gasteiger partial charge in [0.15, 0.2) is 0 Å². The van der Waals surface area contributed by atoms with Crippen molar-refractivity contribution in [2.75, 3.05) is 13.7 Å². The number of ether oxygens (including phenoxy) is 1. The van der Waals surface area contributed by atoms with Gasteiger partial charge in [-0.25, -0.2) is 9.97 Å². The lowest BCUT2D eigenvalue weighted by atomic mass is 9.83. The Kier molecular flexibility index (Phi) is 4.20. The van der Waals surface area contributed by atoms with Crippen molar-refractivity contribution in [1.29, 1.82) is 0 Å². The fourth-order valence-electron chi connectivity index (χ4n) is 4.18. The van der Waals surface area contributed by atoms with E-state index in [1.54, 1.807) is 13.4 Å². The largest absolute Gasteiger partial charge is 0.481 e. The van der Waals surface area contributed by atoms with Crippen LogP contribution in [-0.4, -0.2) is 23.6 Å². The van der Waals surface area contributed by atoms with E-state index >= 15 is 0 Å². The van der Waals surface area contributed by atoms with Crippen LogP contribution in [0.1, 0.15) is 50.8 Å². The van der Waals surface area contributed by atoms with Gasteiger partial charge in [-0.2, -0.15) is 0 Å². The summed E-state index contributed by atoms with van der Waals surface area (Å²) in [5.41, 5.74) is 1.07. The van der Waals surface area contributed by atoms with E-state index in [1.165, 1.54) is 32.1 Å². The van der Waals surface area contributed by atoms with Crippen LogP contribution in [0.5, 0.6) is 5.88 Å². The number of hydrogen-bond donors (Lipinski definition) is 1. The molecule has 1 aromatic rings. The Morgan fingerprint density at radius 2 is 2.25 bits per heavy atom. The van der Waals surface area contributed by atoms with Crippen LogP contribution in [0.15, 0.2) is 12.4 Å². The van der Waals surface area contributed by atoms with E-state index < -0.39 is 0 Å². The molecule has 2 bridgehead atoms. The summed E-state index contributed by atoms with van der Waals surface area (Å²) in [5, 5.41) is 3.59. The number of aromatic nitrogens is 2. The molecule has 3 rings (SSSR count). The Hall–Kier alpha value is -1.16. The van der Waals surface area contributed by atoms with Crippen molar-refractivity contribution in [2.24, 2.45) is 17.8 Å². The lowest BCUT2D eigenvalue weighted by Gasteiger charge is -2.27. The Morgan fingerprint density at radius 3 is 2.90 bits per heavy atom. The molecule has 4 unspecified atom stereocenters. The Labute approximate surface area is 121 Å². The molecule has 0 amide bonds. The Morgan fingerprint density at radius 1 is 1.35 bits per heavy atom. The third-order valence-electron chi connectivity index (χ3n) is 5.10. The smallest absolute Gasteiger partial charge is 0.216 e. The number of nitrogens with zero attached hydrogens (tertiary/aromatic N) is 2. The first-order valence-electron chi connectivity index (χ1n) is 7.89. The maximum Gasteiger partial charge on any atom is 0.216 e. The lowest BCUT2D eigenvalue weighted by Crippen LogP contribution is -2.26. The first-order valence-corrected chi connectivity index (χ1v) is 7.89. The molecule has 1 heterocycles. The molecule has 0 aliphatic heterocycles. The van der Waals surface area contributed by atoms with Crippen LogP contribution in [0, 0.1) is 17.8 Å². The zero-order chi connectivity index (χ0) is 13.9. The van der Waals surface area contributed by atoms with Gasteiger partial charge in [0.25, 0.3) is 0 Å². The second-order valence-electron chi connectivity index (χ2n) is 6.27. The summed E-state index contributed by atoms with van der Waals surface area (Å²) in [6, 6.07) is 2.31. The predicted molar refractivity (Wildman–Crippen MR) is 78.6 cm³/mol. The molecule has 2 fully saturated rings. The summed E-state index contributed by atoms with van der Waals surface area (Å²) < 4.78 is 5.22. The van der Waals surface area contributed by atoms with E-state index in [4.69, 9.17) is 4.74 Å². The summed E-state index contributed by atoms with van der Waals surface area (Å²) in [6.07, 6.45) is 8.62. The fraction of sp³-hybridized carbons (Fsp3) is 0.750. The van der Waals surface area contributed by atoms with E-state index in [0.717, 1.165) is 30.0 Å². The van der Waals surface area contributed by atoms with Crippen molar-refractivity contribution in [1.82, 2.24) is 15.3 Å². The minimum Gasteiger partial charge on any atom is -0.481 e. The zero-order valence-corrected chi connectivity index (χ0v) is 12.5. The van der Waals surface area contributed by atoms with Gasteiger partial charge in [-0.15, -0.1) is 0 Å². The van der Waals surface area contributed by atoms with Gasteiger partial charge < -0.3 is 10.1 Å². The normalized spacial score (nSPS) is 29.6. The SMILES string of the molecule is CCNC(CC1CC2CCC1C2)c1cc(OC)ncn1. The third-order valence-corrected chi connectivity index (χ3v) is 5.10. The monoisotopic (exact) mass is 275 g/mol. The van der Waals surface area contributed by atoms with E-state index in [0.29, 0.717) is 11.9 Å². The van der Waals surface area contributed by atoms with Crippen LogP contribution in [0.4, 0.5) is 0 Å². The average molecular weight is 275 g/mol. The molecule has 110 valence electrons. The molecule has 4 atom stereocenters. The summed E-state index contributed by atoms with van der Waals surface area (Å²) >= 11 is 0. The van der Waals surface area contributed by atoms with Gasteiger partial charge in [0.05, 0.1) is 18.8 Å². The molecule has 2 saturated carbocycles. The second-order valence-corrected chi connectivity index (χ2v) is 6.27. The molecule has 0 radical (unpaired) electrons. The molecule has 0 saturated heterocycles. The quantitative estimate of drug-likeness (QED) is 0.867. The zero-order valence-electron chi connectivity index (χ0n) is 12.5. The highest BCUT2D eigenvalue weighted by atomic mass is 16.5. The molecule has 1 aromatic heterocycles. The van der Waals surface area contributed by atoms with Crippen molar-refractivity contribution in [3.05, 3.63) is 18.1 Å². The van der Waals surface area contributed by atoms with Gasteiger partial charge >= 0.3 is 0 Å². The van der Waals surface area contributed by atoms with Gasteiger partial charge in [0.1, 0.15) is 6.33 Å². The van der Waals surface area contributed by atoms with Crippen LogP contribution in [0.2, 0.25) is 0 Å². The highest BCUT2D eigenvalue weighted by Gasteiger charge is 2.40. The van der Waals surface area contributed by atoms with Crippen molar-refractivity contribution in [3.63, 3.8) is 0 Å². The first-order chi connectivity index (χ1) is 9.80. The number of methoxy groups -OCH3 is 1. The van der Waals surface area contributed by atoms with Crippen LogP contribution < -0.4 is 10.1 Å². The molecule has 0 aromatic carbocycles. The molecule has 1 N–H and O–H groups in total. The second kappa shape index (κ2) is 6.08. The van der Waals surface area contributed by atoms with Gasteiger partial charge in [0, 0.05) is 6.07 Å².